The zero-order chi connectivity index (χ0) is 57.8. The van der Waals surface area contributed by atoms with Crippen molar-refractivity contribution >= 4 is 55.7 Å². The predicted octanol–water partition coefficient (Wildman–Crippen LogP) is 22.9. The molecule has 422 valence electrons. The molecule has 9 aliphatic carbocycles. The van der Waals surface area contributed by atoms with Crippen LogP contribution in [0.25, 0.3) is 54.9 Å². The Balaban J connectivity index is 0.769. The summed E-state index contributed by atoms with van der Waals surface area (Å²) in [7, 11) is 0. The van der Waals surface area contributed by atoms with E-state index >= 15 is 0 Å². The highest BCUT2D eigenvalue weighted by Crippen LogP contribution is 2.67. The quantitative estimate of drug-likeness (QED) is 0.150. The molecule has 9 aliphatic rings. The van der Waals surface area contributed by atoms with Gasteiger partial charge in [0, 0.05) is 49.8 Å². The van der Waals surface area contributed by atoms with Gasteiger partial charge < -0.3 is 9.80 Å². The zero-order valence-corrected chi connectivity index (χ0v) is 51.6. The predicted molar refractivity (Wildman–Crippen MR) is 358 cm³/mol. The van der Waals surface area contributed by atoms with E-state index in [0.29, 0.717) is 22.7 Å². The molecular weight excluding hydrogens is 1020 g/mol. The summed E-state index contributed by atoms with van der Waals surface area (Å²) in [6.45, 7) is 25.0. The van der Waals surface area contributed by atoms with Crippen molar-refractivity contribution in [2.24, 2.45) is 34.5 Å². The third-order valence-electron chi connectivity index (χ3n) is 24.6. The van der Waals surface area contributed by atoms with Crippen molar-refractivity contribution < 1.29 is 0 Å². The molecule has 10 aromatic carbocycles. The summed E-state index contributed by atoms with van der Waals surface area (Å²) in [5.41, 5.74) is 27.3. The van der Waals surface area contributed by atoms with Crippen molar-refractivity contribution in [3.05, 3.63) is 239 Å². The molecule has 0 saturated heterocycles. The van der Waals surface area contributed by atoms with Crippen LogP contribution in [-0.4, -0.2) is 0 Å². The lowest BCUT2D eigenvalue weighted by Crippen LogP contribution is -2.51. The molecule has 4 bridgehead atoms. The summed E-state index contributed by atoms with van der Waals surface area (Å²) in [6.07, 6.45) is 8.12. The van der Waals surface area contributed by atoms with E-state index in [-0.39, 0.29) is 16.2 Å². The number of anilines is 6. The molecule has 6 atom stereocenters. The van der Waals surface area contributed by atoms with Gasteiger partial charge in [-0.05, 0) is 258 Å². The van der Waals surface area contributed by atoms with Gasteiger partial charge in [-0.3, -0.25) is 0 Å². The van der Waals surface area contributed by atoms with Gasteiger partial charge in [0.1, 0.15) is 0 Å². The molecular formula is C83H80N2. The Kier molecular flexibility index (Phi) is 10.8. The minimum Gasteiger partial charge on any atom is -0.310 e. The molecule has 0 aliphatic heterocycles. The van der Waals surface area contributed by atoms with Gasteiger partial charge in [0.25, 0.3) is 0 Å². The Morgan fingerprint density at radius 2 is 0.624 bits per heavy atom. The Hall–Kier alpha value is -7.68. The molecule has 0 heterocycles. The first kappa shape index (κ1) is 51.7. The van der Waals surface area contributed by atoms with Crippen molar-refractivity contribution in [2.75, 3.05) is 9.80 Å². The van der Waals surface area contributed by atoms with Gasteiger partial charge in [0.15, 0.2) is 0 Å². The molecule has 0 aromatic heterocycles. The first-order valence-corrected chi connectivity index (χ1v) is 32.3. The number of nitrogens with zero attached hydrogens (tertiary/aromatic N) is 2. The Labute approximate surface area is 505 Å². The maximum Gasteiger partial charge on any atom is 0.0543 e. The van der Waals surface area contributed by atoms with Crippen LogP contribution in [0.2, 0.25) is 0 Å². The number of hydrogen-bond donors (Lipinski definition) is 0. The van der Waals surface area contributed by atoms with Crippen LogP contribution in [0, 0.1) is 34.5 Å². The van der Waals surface area contributed by atoms with Gasteiger partial charge in [-0.2, -0.15) is 0 Å². The summed E-state index contributed by atoms with van der Waals surface area (Å²) < 4.78 is 0. The van der Waals surface area contributed by atoms with Crippen LogP contribution in [0.4, 0.5) is 34.1 Å². The first-order chi connectivity index (χ1) is 40.9. The monoisotopic (exact) mass is 1100 g/mol. The van der Waals surface area contributed by atoms with E-state index < -0.39 is 0 Å². The second kappa shape index (κ2) is 17.7. The molecule has 19 rings (SSSR count). The first-order valence-electron chi connectivity index (χ1n) is 32.3. The van der Waals surface area contributed by atoms with Crippen molar-refractivity contribution in [1.29, 1.82) is 0 Å². The summed E-state index contributed by atoms with van der Waals surface area (Å²) in [6, 6.07) is 75.9. The lowest BCUT2D eigenvalue weighted by Gasteiger charge is -2.60. The average molecular weight is 1110 g/mol. The topological polar surface area (TPSA) is 6.48 Å². The molecule has 6 saturated carbocycles. The van der Waals surface area contributed by atoms with E-state index in [0.717, 1.165) is 23.7 Å². The molecule has 10 aromatic rings. The maximum atomic E-state index is 2.63. The fourth-order valence-corrected chi connectivity index (χ4v) is 19.4. The van der Waals surface area contributed by atoms with Gasteiger partial charge >= 0.3 is 0 Å². The standard InChI is InChI=1S/C83H80N2/c1-79(2)51-33-39-57(67(79)41-51)49-29-35-55(36-30-49)84(53-21-13-11-14-22-53)75-47-73-77(61-27-19-17-25-59(61)75)65-45-69-63(43-71(65)82(73,7)8)64-44-72-66(46-70(64)81(69,5)6)78-62-28-20-18-26-60(62)76(48-74(78)83(72,9)10)85(54-23-15-12-16-24-54)56-37-31-50(32-38-56)58-40-34-52-42-68(58)80(52,3)4/h11-32,35-38,43-48,51-52,57-58,67-68H,33-34,39-42H2,1-10H3. The smallest absolute Gasteiger partial charge is 0.0543 e. The molecule has 6 fully saturated rings. The van der Waals surface area contributed by atoms with Crippen molar-refractivity contribution in [3.63, 3.8) is 0 Å². The molecule has 2 nitrogen and oxygen atoms in total. The minimum absolute atomic E-state index is 0.228. The highest BCUT2D eigenvalue weighted by atomic mass is 15.1. The van der Waals surface area contributed by atoms with Gasteiger partial charge in [0.05, 0.1) is 11.4 Å². The number of para-hydroxylation sites is 2. The number of fused-ring (bicyclic) bond motifs is 17. The van der Waals surface area contributed by atoms with Crippen LogP contribution in [0.15, 0.2) is 194 Å². The van der Waals surface area contributed by atoms with Crippen molar-refractivity contribution in [1.82, 2.24) is 0 Å². The molecule has 0 amide bonds. The number of rotatable bonds is 8. The third kappa shape index (κ3) is 7.06. The van der Waals surface area contributed by atoms with Crippen LogP contribution in [0.3, 0.4) is 0 Å². The van der Waals surface area contributed by atoms with E-state index in [1.54, 1.807) is 0 Å². The van der Waals surface area contributed by atoms with Crippen molar-refractivity contribution in [3.8, 4) is 33.4 Å². The van der Waals surface area contributed by atoms with Gasteiger partial charge in [-0.25, -0.2) is 0 Å². The molecule has 0 radical (unpaired) electrons. The zero-order valence-electron chi connectivity index (χ0n) is 51.6. The molecule has 0 spiro atoms. The summed E-state index contributed by atoms with van der Waals surface area (Å²) in [4.78, 5) is 5.08. The Morgan fingerprint density at radius 1 is 0.306 bits per heavy atom. The second-order valence-electron chi connectivity index (χ2n) is 30.1. The van der Waals surface area contributed by atoms with Crippen molar-refractivity contribution in [2.45, 2.75) is 136 Å². The molecule has 85 heavy (non-hydrogen) atoms. The number of hydrogen-bond acceptors (Lipinski definition) is 2. The highest BCUT2D eigenvalue weighted by molar-refractivity contribution is 6.12. The second-order valence-corrected chi connectivity index (χ2v) is 30.1. The van der Waals surface area contributed by atoms with Crippen LogP contribution in [0.1, 0.15) is 164 Å². The fourth-order valence-electron chi connectivity index (χ4n) is 19.4. The SMILES string of the molecule is CC1(C)c2cc3c(cc2-c2cc4c(cc21)-c1c(cc(N(c2ccccc2)c2ccc(C5CCC6CC5C6(C)C)cc2)c2ccccc12)C4(C)C)C(C)(C)c1cc(N(c2ccccc2)c2ccc(C4CCC5CC4C5(C)C)cc2)c2ccccc2c1-3. The Bertz CT molecular complexity index is 4130. The normalized spacial score (nSPS) is 23.8. The van der Waals surface area contributed by atoms with Crippen LogP contribution < -0.4 is 9.80 Å². The molecule has 0 N–H and O–H groups in total. The van der Waals surface area contributed by atoms with E-state index in [9.17, 15) is 0 Å². The number of benzene rings is 10. The average Bonchev–Trinajstić information content (AvgIpc) is 1.58. The maximum absolute atomic E-state index is 2.63. The van der Waals surface area contributed by atoms with E-state index in [1.165, 1.54) is 172 Å². The van der Waals surface area contributed by atoms with Gasteiger partial charge in [-0.15, -0.1) is 0 Å². The molecule has 6 unspecified atom stereocenters. The third-order valence-corrected chi connectivity index (χ3v) is 24.6. The minimum atomic E-state index is -0.258. The van der Waals surface area contributed by atoms with Gasteiger partial charge in [0.2, 0.25) is 0 Å². The lowest BCUT2D eigenvalue weighted by atomic mass is 9.45. The van der Waals surface area contributed by atoms with Crippen LogP contribution >= 0.6 is 0 Å². The summed E-state index contributed by atoms with van der Waals surface area (Å²) in [5.74, 6) is 4.64. The Morgan fingerprint density at radius 3 is 0.988 bits per heavy atom. The molecule has 2 heteroatoms. The lowest BCUT2D eigenvalue weighted by molar-refractivity contribution is -0.0805. The highest BCUT2D eigenvalue weighted by Gasteiger charge is 2.56. The van der Waals surface area contributed by atoms with E-state index in [1.807, 2.05) is 0 Å². The summed E-state index contributed by atoms with van der Waals surface area (Å²) in [5, 5.41) is 5.21. The van der Waals surface area contributed by atoms with Crippen LogP contribution in [-0.2, 0) is 16.2 Å². The van der Waals surface area contributed by atoms with Gasteiger partial charge in [-0.1, -0.05) is 178 Å². The van der Waals surface area contributed by atoms with E-state index in [4.69, 9.17) is 0 Å². The summed E-state index contributed by atoms with van der Waals surface area (Å²) >= 11 is 0. The van der Waals surface area contributed by atoms with Crippen LogP contribution in [0.5, 0.6) is 0 Å². The van der Waals surface area contributed by atoms with E-state index in [2.05, 4.69) is 273 Å². The largest absolute Gasteiger partial charge is 0.310 e. The fraction of sp³-hybridized carbons (Fsp3) is 0.325.